The summed E-state index contributed by atoms with van der Waals surface area (Å²) >= 11 is 0. The summed E-state index contributed by atoms with van der Waals surface area (Å²) in [6.45, 7) is 5.95. The largest absolute Gasteiger partial charge is 0.481 e. The molecule has 0 radical (unpaired) electrons. The molecule has 2 aliphatic heterocycles. The average molecular weight is 370 g/mol. The van der Waals surface area contributed by atoms with Gasteiger partial charge >= 0.3 is 5.97 Å². The van der Waals surface area contributed by atoms with Gasteiger partial charge in [0.1, 0.15) is 5.84 Å². The summed E-state index contributed by atoms with van der Waals surface area (Å²) in [6, 6.07) is 10.1. The number of aliphatic carboxylic acids is 1. The molecule has 1 aromatic rings. The molecule has 0 bridgehead atoms. The van der Waals surface area contributed by atoms with Gasteiger partial charge in [0.05, 0.1) is 11.8 Å². The number of nitrogens with zero attached hydrogens (tertiary/aromatic N) is 3. The van der Waals surface area contributed by atoms with Crippen molar-refractivity contribution in [3.63, 3.8) is 0 Å². The summed E-state index contributed by atoms with van der Waals surface area (Å²) in [6.07, 6.45) is 5.98. The Labute approximate surface area is 162 Å². The van der Waals surface area contributed by atoms with Crippen LogP contribution in [0.1, 0.15) is 64.1 Å². The predicted octanol–water partition coefficient (Wildman–Crippen LogP) is 4.55. The highest BCUT2D eigenvalue weighted by Gasteiger charge is 2.39. The number of carboxylic acids is 1. The second-order valence-electron chi connectivity index (χ2n) is 7.65. The zero-order chi connectivity index (χ0) is 19.2. The SMILES string of the molecule is CCCC(C(=O)O)C1C(C)=NC(c2ccccc2)N=C1N1CCCCCC1. The van der Waals surface area contributed by atoms with Gasteiger partial charge in [-0.05, 0) is 31.7 Å². The van der Waals surface area contributed by atoms with Crippen LogP contribution in [0.25, 0.3) is 0 Å². The Hall–Kier alpha value is -2.17. The summed E-state index contributed by atoms with van der Waals surface area (Å²) in [5.74, 6) is -0.478. The third-order valence-electron chi connectivity index (χ3n) is 5.66. The maximum absolute atomic E-state index is 12.1. The standard InChI is InChI=1S/C22H31N3O2/c1-3-11-18(22(26)27)19-16(2)23-20(17-12-7-6-8-13-17)24-21(19)25-14-9-4-5-10-15-25/h6-8,12-13,18-20H,3-5,9-11,14-15H2,1-2H3,(H,26,27). The van der Waals surface area contributed by atoms with Crippen molar-refractivity contribution in [2.75, 3.05) is 13.1 Å². The van der Waals surface area contributed by atoms with Gasteiger partial charge in [0.15, 0.2) is 6.17 Å². The van der Waals surface area contributed by atoms with Crippen molar-refractivity contribution >= 4 is 17.5 Å². The minimum Gasteiger partial charge on any atom is -0.481 e. The fraction of sp³-hybridized carbons (Fsp3) is 0.591. The van der Waals surface area contributed by atoms with Crippen LogP contribution >= 0.6 is 0 Å². The van der Waals surface area contributed by atoms with E-state index in [1.807, 2.05) is 44.2 Å². The van der Waals surface area contributed by atoms with E-state index in [9.17, 15) is 9.90 Å². The van der Waals surface area contributed by atoms with Gasteiger partial charge in [-0.1, -0.05) is 56.5 Å². The molecule has 0 aliphatic carbocycles. The third kappa shape index (κ3) is 4.57. The Morgan fingerprint density at radius 2 is 1.81 bits per heavy atom. The first-order valence-corrected chi connectivity index (χ1v) is 10.3. The van der Waals surface area contributed by atoms with Crippen LogP contribution in [-0.2, 0) is 4.79 Å². The second-order valence-corrected chi connectivity index (χ2v) is 7.65. The molecule has 1 aromatic carbocycles. The molecule has 1 N–H and O–H groups in total. The van der Waals surface area contributed by atoms with Gasteiger partial charge in [-0.2, -0.15) is 0 Å². The van der Waals surface area contributed by atoms with Gasteiger partial charge in [-0.15, -0.1) is 0 Å². The number of carbonyl (C=O) groups is 1. The van der Waals surface area contributed by atoms with Gasteiger partial charge in [-0.25, -0.2) is 4.99 Å². The molecule has 2 heterocycles. The normalized spacial score (nSPS) is 24.6. The van der Waals surface area contributed by atoms with Gasteiger partial charge in [0.25, 0.3) is 0 Å². The molecular formula is C22H31N3O2. The molecule has 0 spiro atoms. The van der Waals surface area contributed by atoms with E-state index in [2.05, 4.69) is 4.90 Å². The molecule has 3 atom stereocenters. The third-order valence-corrected chi connectivity index (χ3v) is 5.66. The molecule has 3 rings (SSSR count). The predicted molar refractivity (Wildman–Crippen MR) is 109 cm³/mol. The minimum atomic E-state index is -0.739. The quantitative estimate of drug-likeness (QED) is 0.828. The van der Waals surface area contributed by atoms with E-state index >= 15 is 0 Å². The summed E-state index contributed by atoms with van der Waals surface area (Å²) in [5, 5.41) is 9.90. The summed E-state index contributed by atoms with van der Waals surface area (Å²) in [5.41, 5.74) is 1.96. The number of hydrogen-bond donors (Lipinski definition) is 1. The number of carboxylic acid groups (broad SMARTS) is 1. The Bertz CT molecular complexity index is 691. The molecule has 0 amide bonds. The van der Waals surface area contributed by atoms with Crippen molar-refractivity contribution in [1.29, 1.82) is 0 Å². The number of aliphatic imine (C=N–C) groups is 2. The Kier molecular flexibility index (Phi) is 6.64. The van der Waals surface area contributed by atoms with Crippen LogP contribution < -0.4 is 0 Å². The fourth-order valence-electron chi connectivity index (χ4n) is 4.26. The molecule has 146 valence electrons. The van der Waals surface area contributed by atoms with Crippen LogP contribution in [0.3, 0.4) is 0 Å². The van der Waals surface area contributed by atoms with Crippen LogP contribution in [0, 0.1) is 11.8 Å². The van der Waals surface area contributed by atoms with Gasteiger partial charge < -0.3 is 10.0 Å². The van der Waals surface area contributed by atoms with E-state index in [1.165, 1.54) is 12.8 Å². The molecule has 3 unspecified atom stereocenters. The number of likely N-dealkylation sites (tertiary alicyclic amines) is 1. The van der Waals surface area contributed by atoms with Crippen molar-refractivity contribution < 1.29 is 9.90 Å². The number of benzene rings is 1. The van der Waals surface area contributed by atoms with E-state index in [0.717, 1.165) is 49.5 Å². The van der Waals surface area contributed by atoms with Crippen molar-refractivity contribution in [3.8, 4) is 0 Å². The van der Waals surface area contributed by atoms with Crippen LogP contribution in [-0.4, -0.2) is 40.6 Å². The van der Waals surface area contributed by atoms with Crippen LogP contribution in [0.5, 0.6) is 0 Å². The summed E-state index contributed by atoms with van der Waals surface area (Å²) in [7, 11) is 0. The highest BCUT2D eigenvalue weighted by molar-refractivity contribution is 6.09. The first-order valence-electron chi connectivity index (χ1n) is 10.3. The Morgan fingerprint density at radius 1 is 1.15 bits per heavy atom. The van der Waals surface area contributed by atoms with E-state index in [-0.39, 0.29) is 12.1 Å². The smallest absolute Gasteiger partial charge is 0.307 e. The average Bonchev–Trinajstić information content (AvgIpc) is 2.96. The molecular weight excluding hydrogens is 338 g/mol. The van der Waals surface area contributed by atoms with Crippen LogP contribution in [0.2, 0.25) is 0 Å². The lowest BCUT2D eigenvalue weighted by molar-refractivity contribution is -0.142. The highest BCUT2D eigenvalue weighted by atomic mass is 16.4. The topological polar surface area (TPSA) is 65.3 Å². The number of hydrogen-bond acceptors (Lipinski definition) is 4. The minimum absolute atomic E-state index is 0.222. The molecule has 5 heteroatoms. The molecule has 1 saturated heterocycles. The van der Waals surface area contributed by atoms with E-state index in [0.29, 0.717) is 6.42 Å². The van der Waals surface area contributed by atoms with Crippen molar-refractivity contribution in [3.05, 3.63) is 35.9 Å². The van der Waals surface area contributed by atoms with Gasteiger partial charge in [0.2, 0.25) is 0 Å². The molecule has 0 aromatic heterocycles. The lowest BCUT2D eigenvalue weighted by Crippen LogP contribution is -2.46. The fourth-order valence-corrected chi connectivity index (χ4v) is 4.26. The second kappa shape index (κ2) is 9.16. The lowest BCUT2D eigenvalue weighted by Gasteiger charge is -2.36. The number of amidine groups is 1. The van der Waals surface area contributed by atoms with Gasteiger partial charge in [-0.3, -0.25) is 9.79 Å². The molecule has 5 nitrogen and oxygen atoms in total. The first kappa shape index (κ1) is 19.6. The monoisotopic (exact) mass is 369 g/mol. The van der Waals surface area contributed by atoms with Crippen LogP contribution in [0.15, 0.2) is 40.3 Å². The highest BCUT2D eigenvalue weighted by Crippen LogP contribution is 2.33. The Balaban J connectivity index is 2.00. The van der Waals surface area contributed by atoms with Crippen LogP contribution in [0.4, 0.5) is 0 Å². The zero-order valence-corrected chi connectivity index (χ0v) is 16.5. The molecule has 0 saturated carbocycles. The van der Waals surface area contributed by atoms with E-state index in [4.69, 9.17) is 9.98 Å². The van der Waals surface area contributed by atoms with Crippen molar-refractivity contribution in [2.45, 2.75) is 58.5 Å². The number of rotatable bonds is 5. The Morgan fingerprint density at radius 3 is 2.41 bits per heavy atom. The zero-order valence-electron chi connectivity index (χ0n) is 16.5. The van der Waals surface area contributed by atoms with Crippen molar-refractivity contribution in [2.24, 2.45) is 21.8 Å². The maximum atomic E-state index is 12.1. The van der Waals surface area contributed by atoms with E-state index in [1.54, 1.807) is 0 Å². The summed E-state index contributed by atoms with van der Waals surface area (Å²) < 4.78 is 0. The lowest BCUT2D eigenvalue weighted by atomic mass is 9.82. The van der Waals surface area contributed by atoms with E-state index < -0.39 is 11.9 Å². The summed E-state index contributed by atoms with van der Waals surface area (Å²) in [4.78, 5) is 24.3. The molecule has 1 fully saturated rings. The van der Waals surface area contributed by atoms with Gasteiger partial charge in [0, 0.05) is 18.8 Å². The molecule has 27 heavy (non-hydrogen) atoms. The maximum Gasteiger partial charge on any atom is 0.307 e. The first-order chi connectivity index (χ1) is 13.1. The van der Waals surface area contributed by atoms with Crippen molar-refractivity contribution in [1.82, 2.24) is 4.90 Å². The molecule has 2 aliphatic rings.